The number of halogens is 1. The van der Waals surface area contributed by atoms with E-state index in [0.717, 1.165) is 22.6 Å². The molecule has 0 radical (unpaired) electrons. The highest BCUT2D eigenvalue weighted by Crippen LogP contribution is 2.19. The molecule has 0 fully saturated rings. The molecule has 3 rings (SSSR count). The molecule has 0 bridgehead atoms. The molecule has 4 nitrogen and oxygen atoms in total. The second kappa shape index (κ2) is 9.81. The Hall–Kier alpha value is -2.98. The van der Waals surface area contributed by atoms with Crippen molar-refractivity contribution in [3.8, 4) is 5.75 Å². The maximum atomic E-state index is 11.7. The number of hydrogen-bond donors (Lipinski definition) is 1. The largest absolute Gasteiger partial charge is 0.489 e. The summed E-state index contributed by atoms with van der Waals surface area (Å²) in [5.41, 5.74) is 3.57. The van der Waals surface area contributed by atoms with Gasteiger partial charge in [-0.3, -0.25) is 0 Å². The van der Waals surface area contributed by atoms with Crippen molar-refractivity contribution in [1.29, 1.82) is 0 Å². The number of rotatable bonds is 8. The van der Waals surface area contributed by atoms with E-state index in [0.29, 0.717) is 30.3 Å². The second-order valence-corrected chi connectivity index (χ2v) is 6.58. The molecule has 0 aliphatic rings. The third-order valence-corrected chi connectivity index (χ3v) is 4.54. The SMILES string of the molecule is CCOC(=O)c1ccc(NCc2ccc(OCc3ccccc3Cl)cc2)cc1. The van der Waals surface area contributed by atoms with Gasteiger partial charge < -0.3 is 14.8 Å². The van der Waals surface area contributed by atoms with Crippen LogP contribution in [0.5, 0.6) is 5.75 Å². The smallest absolute Gasteiger partial charge is 0.338 e. The Labute approximate surface area is 170 Å². The number of esters is 1. The first kappa shape index (κ1) is 19.8. The van der Waals surface area contributed by atoms with E-state index in [1.165, 1.54) is 0 Å². The van der Waals surface area contributed by atoms with Crippen molar-refractivity contribution in [1.82, 2.24) is 0 Å². The van der Waals surface area contributed by atoms with Gasteiger partial charge in [0.25, 0.3) is 0 Å². The van der Waals surface area contributed by atoms with E-state index in [4.69, 9.17) is 21.1 Å². The first-order valence-corrected chi connectivity index (χ1v) is 9.49. The lowest BCUT2D eigenvalue weighted by Crippen LogP contribution is -2.05. The topological polar surface area (TPSA) is 47.6 Å². The molecule has 3 aromatic carbocycles. The number of nitrogens with one attached hydrogen (secondary N) is 1. The van der Waals surface area contributed by atoms with Crippen molar-refractivity contribution in [3.63, 3.8) is 0 Å². The molecule has 0 heterocycles. The number of carbonyl (C=O) groups excluding carboxylic acids is 1. The molecule has 0 amide bonds. The maximum Gasteiger partial charge on any atom is 0.338 e. The van der Waals surface area contributed by atoms with E-state index in [-0.39, 0.29) is 5.97 Å². The number of anilines is 1. The van der Waals surface area contributed by atoms with Crippen molar-refractivity contribution >= 4 is 23.3 Å². The van der Waals surface area contributed by atoms with Crippen LogP contribution >= 0.6 is 11.6 Å². The Kier molecular flexibility index (Phi) is 6.93. The van der Waals surface area contributed by atoms with E-state index in [9.17, 15) is 4.79 Å². The van der Waals surface area contributed by atoms with Crippen LogP contribution in [0.3, 0.4) is 0 Å². The predicted molar refractivity (Wildman–Crippen MR) is 112 cm³/mol. The minimum absolute atomic E-state index is 0.304. The van der Waals surface area contributed by atoms with Gasteiger partial charge in [-0.15, -0.1) is 0 Å². The summed E-state index contributed by atoms with van der Waals surface area (Å²) in [5.74, 6) is 0.490. The summed E-state index contributed by atoms with van der Waals surface area (Å²) >= 11 is 6.14. The second-order valence-electron chi connectivity index (χ2n) is 6.18. The van der Waals surface area contributed by atoms with Gasteiger partial charge in [0.1, 0.15) is 12.4 Å². The summed E-state index contributed by atoms with van der Waals surface area (Å²) in [5, 5.41) is 4.04. The highest BCUT2D eigenvalue weighted by Gasteiger charge is 2.05. The van der Waals surface area contributed by atoms with Crippen LogP contribution in [0.15, 0.2) is 72.8 Å². The molecular weight excluding hydrogens is 374 g/mol. The summed E-state index contributed by atoms with van der Waals surface area (Å²) in [6.45, 7) is 3.27. The van der Waals surface area contributed by atoms with Gasteiger partial charge in [0.05, 0.1) is 12.2 Å². The maximum absolute atomic E-state index is 11.7. The van der Waals surface area contributed by atoms with Crippen LogP contribution in [0.2, 0.25) is 5.02 Å². The fourth-order valence-corrected chi connectivity index (χ4v) is 2.81. The predicted octanol–water partition coefficient (Wildman–Crippen LogP) is 5.71. The van der Waals surface area contributed by atoms with Crippen molar-refractivity contribution in [2.75, 3.05) is 11.9 Å². The van der Waals surface area contributed by atoms with Crippen LogP contribution in [0.4, 0.5) is 5.69 Å². The third-order valence-electron chi connectivity index (χ3n) is 4.17. The quantitative estimate of drug-likeness (QED) is 0.496. The van der Waals surface area contributed by atoms with Gasteiger partial charge in [0.2, 0.25) is 0 Å². The molecular formula is C23H22ClNO3. The van der Waals surface area contributed by atoms with E-state index >= 15 is 0 Å². The lowest BCUT2D eigenvalue weighted by molar-refractivity contribution is 0.0526. The average Bonchev–Trinajstić information content (AvgIpc) is 2.73. The van der Waals surface area contributed by atoms with Gasteiger partial charge in [-0.25, -0.2) is 4.79 Å². The molecule has 3 aromatic rings. The van der Waals surface area contributed by atoms with Gasteiger partial charge in [-0.05, 0) is 55.0 Å². The Balaban J connectivity index is 1.50. The minimum atomic E-state index is -0.304. The van der Waals surface area contributed by atoms with Gasteiger partial charge >= 0.3 is 5.97 Å². The number of carbonyl (C=O) groups is 1. The fourth-order valence-electron chi connectivity index (χ4n) is 2.62. The highest BCUT2D eigenvalue weighted by molar-refractivity contribution is 6.31. The van der Waals surface area contributed by atoms with E-state index in [2.05, 4.69) is 5.32 Å². The first-order valence-electron chi connectivity index (χ1n) is 9.12. The normalized spacial score (nSPS) is 10.4. The van der Waals surface area contributed by atoms with Gasteiger partial charge in [0, 0.05) is 22.8 Å². The summed E-state index contributed by atoms with van der Waals surface area (Å²) in [6.07, 6.45) is 0. The zero-order chi connectivity index (χ0) is 19.8. The molecule has 0 unspecified atom stereocenters. The molecule has 0 saturated heterocycles. The number of benzene rings is 3. The van der Waals surface area contributed by atoms with E-state index in [1.54, 1.807) is 19.1 Å². The van der Waals surface area contributed by atoms with Crippen LogP contribution in [0.25, 0.3) is 0 Å². The number of hydrogen-bond acceptors (Lipinski definition) is 4. The molecule has 0 aliphatic carbocycles. The Morgan fingerprint density at radius 2 is 1.68 bits per heavy atom. The summed E-state index contributed by atoms with van der Waals surface area (Å²) < 4.78 is 10.8. The standard InChI is InChI=1S/C23H22ClNO3/c1-2-27-23(26)18-9-11-20(12-10-18)25-15-17-7-13-21(14-8-17)28-16-19-5-3-4-6-22(19)24/h3-14,25H,2,15-16H2,1H3. The lowest BCUT2D eigenvalue weighted by Gasteiger charge is -2.10. The molecule has 0 atom stereocenters. The van der Waals surface area contributed by atoms with Gasteiger partial charge in [0.15, 0.2) is 0 Å². The highest BCUT2D eigenvalue weighted by atomic mass is 35.5. The molecule has 144 valence electrons. The molecule has 0 spiro atoms. The zero-order valence-corrected chi connectivity index (χ0v) is 16.4. The van der Waals surface area contributed by atoms with Crippen molar-refractivity contribution < 1.29 is 14.3 Å². The Morgan fingerprint density at radius 1 is 0.964 bits per heavy atom. The minimum Gasteiger partial charge on any atom is -0.489 e. The van der Waals surface area contributed by atoms with Crippen LogP contribution in [-0.2, 0) is 17.9 Å². The number of ether oxygens (including phenoxy) is 2. The molecule has 1 N–H and O–H groups in total. The zero-order valence-electron chi connectivity index (χ0n) is 15.7. The third kappa shape index (κ3) is 5.51. The first-order chi connectivity index (χ1) is 13.7. The van der Waals surface area contributed by atoms with Crippen LogP contribution < -0.4 is 10.1 Å². The van der Waals surface area contributed by atoms with Crippen molar-refractivity contribution in [2.24, 2.45) is 0 Å². The van der Waals surface area contributed by atoms with Crippen LogP contribution in [-0.4, -0.2) is 12.6 Å². The summed E-state index contributed by atoms with van der Waals surface area (Å²) in [6, 6.07) is 22.8. The molecule has 0 aromatic heterocycles. The summed E-state index contributed by atoms with van der Waals surface area (Å²) in [7, 11) is 0. The van der Waals surface area contributed by atoms with Crippen molar-refractivity contribution in [3.05, 3.63) is 94.5 Å². The van der Waals surface area contributed by atoms with Crippen LogP contribution in [0.1, 0.15) is 28.4 Å². The Morgan fingerprint density at radius 3 is 2.36 bits per heavy atom. The van der Waals surface area contributed by atoms with E-state index < -0.39 is 0 Å². The van der Waals surface area contributed by atoms with Crippen LogP contribution in [0, 0.1) is 0 Å². The van der Waals surface area contributed by atoms with Gasteiger partial charge in [-0.2, -0.15) is 0 Å². The molecule has 0 saturated carbocycles. The Bertz CT molecular complexity index is 908. The average molecular weight is 396 g/mol. The lowest BCUT2D eigenvalue weighted by atomic mass is 10.2. The molecule has 0 aliphatic heterocycles. The molecule has 5 heteroatoms. The fraction of sp³-hybridized carbons (Fsp3) is 0.174. The van der Waals surface area contributed by atoms with Crippen molar-refractivity contribution in [2.45, 2.75) is 20.1 Å². The summed E-state index contributed by atoms with van der Waals surface area (Å²) in [4.78, 5) is 11.7. The monoisotopic (exact) mass is 395 g/mol. The molecule has 28 heavy (non-hydrogen) atoms. The van der Waals surface area contributed by atoms with Gasteiger partial charge in [-0.1, -0.05) is 41.9 Å². The van der Waals surface area contributed by atoms with E-state index in [1.807, 2.05) is 60.7 Å².